The zero-order valence-corrected chi connectivity index (χ0v) is 12.1. The van der Waals surface area contributed by atoms with Gasteiger partial charge in [-0.05, 0) is 31.2 Å². The van der Waals surface area contributed by atoms with Gasteiger partial charge in [-0.2, -0.15) is 0 Å². The average molecular weight is 276 g/mol. The predicted molar refractivity (Wildman–Crippen MR) is 76.8 cm³/mol. The van der Waals surface area contributed by atoms with Gasteiger partial charge in [-0.15, -0.1) is 0 Å². The molecule has 0 aromatic heterocycles. The highest BCUT2D eigenvalue weighted by atomic mass is 16.5. The lowest BCUT2D eigenvalue weighted by atomic mass is 10.2. The van der Waals surface area contributed by atoms with Gasteiger partial charge in [-0.3, -0.25) is 9.59 Å². The first-order valence-electron chi connectivity index (χ1n) is 6.88. The minimum atomic E-state index is -0.422. The second-order valence-corrected chi connectivity index (χ2v) is 5.07. The molecule has 2 amide bonds. The molecule has 0 spiro atoms. The van der Waals surface area contributed by atoms with Crippen molar-refractivity contribution in [1.82, 2.24) is 5.32 Å². The molecule has 0 saturated carbocycles. The second-order valence-electron chi connectivity index (χ2n) is 5.07. The van der Waals surface area contributed by atoms with Crippen molar-refractivity contribution in [2.24, 2.45) is 0 Å². The van der Waals surface area contributed by atoms with Gasteiger partial charge in [-0.1, -0.05) is 13.8 Å². The van der Waals surface area contributed by atoms with E-state index in [2.05, 4.69) is 5.32 Å². The molecule has 1 N–H and O–H groups in total. The topological polar surface area (TPSA) is 58.6 Å². The molecule has 1 fully saturated rings. The number of rotatable bonds is 5. The fourth-order valence-electron chi connectivity index (χ4n) is 2.29. The number of hydrogen-bond acceptors (Lipinski definition) is 4. The van der Waals surface area contributed by atoms with E-state index in [9.17, 15) is 9.59 Å². The van der Waals surface area contributed by atoms with Crippen LogP contribution in [0.5, 0.6) is 5.75 Å². The zero-order valence-electron chi connectivity index (χ0n) is 12.1. The molecule has 5 nitrogen and oxygen atoms in total. The number of imide groups is 1. The standard InChI is InChI=1S/C15H20N2O3/c1-4-20-12-7-5-11(6-8-12)17-14(18)9-13(15(17)19)16-10(2)3/h5-8,10,13,16H,4,9H2,1-3H3/t13-/m1/s1. The maximum atomic E-state index is 12.3. The Morgan fingerprint density at radius 3 is 2.50 bits per heavy atom. The number of nitrogens with one attached hydrogen (secondary N) is 1. The molecule has 108 valence electrons. The molecule has 1 saturated heterocycles. The maximum absolute atomic E-state index is 12.3. The molecule has 1 aromatic carbocycles. The number of ether oxygens (including phenoxy) is 1. The van der Waals surface area contributed by atoms with Gasteiger partial charge in [0.15, 0.2) is 0 Å². The minimum Gasteiger partial charge on any atom is -0.494 e. The van der Waals surface area contributed by atoms with Crippen LogP contribution in [-0.4, -0.2) is 30.5 Å². The number of amides is 2. The van der Waals surface area contributed by atoms with Gasteiger partial charge in [0.05, 0.1) is 24.8 Å². The first-order valence-corrected chi connectivity index (χ1v) is 6.88. The van der Waals surface area contributed by atoms with E-state index in [1.165, 1.54) is 4.90 Å². The van der Waals surface area contributed by atoms with Crippen LogP contribution in [0.25, 0.3) is 0 Å². The highest BCUT2D eigenvalue weighted by Gasteiger charge is 2.39. The normalized spacial score (nSPS) is 19.0. The van der Waals surface area contributed by atoms with Crippen molar-refractivity contribution < 1.29 is 14.3 Å². The van der Waals surface area contributed by atoms with E-state index in [4.69, 9.17) is 4.74 Å². The Morgan fingerprint density at radius 2 is 1.95 bits per heavy atom. The summed E-state index contributed by atoms with van der Waals surface area (Å²) < 4.78 is 5.35. The lowest BCUT2D eigenvalue weighted by molar-refractivity contribution is -0.121. The molecule has 0 aliphatic carbocycles. The first kappa shape index (κ1) is 14.5. The molecule has 20 heavy (non-hydrogen) atoms. The monoisotopic (exact) mass is 276 g/mol. The Morgan fingerprint density at radius 1 is 1.30 bits per heavy atom. The van der Waals surface area contributed by atoms with Gasteiger partial charge < -0.3 is 10.1 Å². The number of carbonyl (C=O) groups excluding carboxylic acids is 2. The van der Waals surface area contributed by atoms with Crippen molar-refractivity contribution >= 4 is 17.5 Å². The quantitative estimate of drug-likeness (QED) is 0.832. The molecule has 1 aliphatic heterocycles. The van der Waals surface area contributed by atoms with Crippen LogP contribution in [0.2, 0.25) is 0 Å². The van der Waals surface area contributed by atoms with Crippen molar-refractivity contribution in [3.63, 3.8) is 0 Å². The number of benzene rings is 1. The summed E-state index contributed by atoms with van der Waals surface area (Å²) in [5, 5.41) is 3.12. The van der Waals surface area contributed by atoms with Crippen molar-refractivity contribution in [2.75, 3.05) is 11.5 Å². The Balaban J connectivity index is 2.15. The Labute approximate surface area is 118 Å². The third-order valence-corrected chi connectivity index (χ3v) is 3.09. The van der Waals surface area contributed by atoms with Gasteiger partial charge >= 0.3 is 0 Å². The molecule has 1 heterocycles. The molecule has 2 rings (SSSR count). The number of nitrogens with zero attached hydrogens (tertiary/aromatic N) is 1. The number of hydrogen-bond donors (Lipinski definition) is 1. The Hall–Kier alpha value is -1.88. The Kier molecular flexibility index (Phi) is 4.39. The fraction of sp³-hybridized carbons (Fsp3) is 0.467. The zero-order chi connectivity index (χ0) is 14.7. The van der Waals surface area contributed by atoms with Crippen LogP contribution in [0, 0.1) is 0 Å². The van der Waals surface area contributed by atoms with E-state index < -0.39 is 6.04 Å². The summed E-state index contributed by atoms with van der Waals surface area (Å²) in [5.41, 5.74) is 0.594. The molecule has 1 aliphatic rings. The van der Waals surface area contributed by atoms with Gasteiger partial charge in [0.1, 0.15) is 5.75 Å². The van der Waals surface area contributed by atoms with Crippen LogP contribution in [0.4, 0.5) is 5.69 Å². The molecule has 1 aromatic rings. The van der Waals surface area contributed by atoms with Gasteiger partial charge in [0.25, 0.3) is 5.91 Å². The summed E-state index contributed by atoms with van der Waals surface area (Å²) in [6.07, 6.45) is 0.213. The van der Waals surface area contributed by atoms with Crippen molar-refractivity contribution in [3.05, 3.63) is 24.3 Å². The molecule has 1 atom stereocenters. The number of anilines is 1. The molecule has 5 heteroatoms. The third-order valence-electron chi connectivity index (χ3n) is 3.09. The van der Waals surface area contributed by atoms with E-state index in [1.807, 2.05) is 20.8 Å². The van der Waals surface area contributed by atoms with Crippen molar-refractivity contribution in [3.8, 4) is 5.75 Å². The van der Waals surface area contributed by atoms with Gasteiger partial charge in [-0.25, -0.2) is 4.90 Å². The van der Waals surface area contributed by atoms with Gasteiger partial charge in [0, 0.05) is 6.04 Å². The van der Waals surface area contributed by atoms with Crippen molar-refractivity contribution in [2.45, 2.75) is 39.3 Å². The van der Waals surface area contributed by atoms with E-state index in [0.29, 0.717) is 12.3 Å². The molecular formula is C15H20N2O3. The Bertz CT molecular complexity index is 496. The SMILES string of the molecule is CCOc1ccc(N2C(=O)C[C@@H](NC(C)C)C2=O)cc1. The summed E-state index contributed by atoms with van der Waals surface area (Å²) in [4.78, 5) is 25.5. The summed E-state index contributed by atoms with van der Waals surface area (Å²) in [5.74, 6) is 0.373. The summed E-state index contributed by atoms with van der Waals surface area (Å²) in [6.45, 7) is 6.40. The smallest absolute Gasteiger partial charge is 0.251 e. The van der Waals surface area contributed by atoms with Crippen LogP contribution in [0.3, 0.4) is 0 Å². The predicted octanol–water partition coefficient (Wildman–Crippen LogP) is 1.72. The van der Waals surface area contributed by atoms with Gasteiger partial charge in [0.2, 0.25) is 5.91 Å². The minimum absolute atomic E-state index is 0.164. The summed E-state index contributed by atoms with van der Waals surface area (Å²) in [6, 6.07) is 6.74. The molecule has 0 unspecified atom stereocenters. The van der Waals surface area contributed by atoms with Crippen LogP contribution >= 0.6 is 0 Å². The number of carbonyl (C=O) groups is 2. The second kappa shape index (κ2) is 6.05. The van der Waals surface area contributed by atoms with E-state index in [0.717, 1.165) is 5.75 Å². The van der Waals surface area contributed by atoms with Crippen LogP contribution in [0.1, 0.15) is 27.2 Å². The highest BCUT2D eigenvalue weighted by molar-refractivity contribution is 6.22. The van der Waals surface area contributed by atoms with E-state index >= 15 is 0 Å². The summed E-state index contributed by atoms with van der Waals surface area (Å²) in [7, 11) is 0. The van der Waals surface area contributed by atoms with Crippen LogP contribution in [0.15, 0.2) is 24.3 Å². The average Bonchev–Trinajstić information content (AvgIpc) is 2.65. The maximum Gasteiger partial charge on any atom is 0.251 e. The fourth-order valence-corrected chi connectivity index (χ4v) is 2.29. The van der Waals surface area contributed by atoms with Crippen LogP contribution in [-0.2, 0) is 9.59 Å². The highest BCUT2D eigenvalue weighted by Crippen LogP contribution is 2.25. The van der Waals surface area contributed by atoms with E-state index in [1.54, 1.807) is 24.3 Å². The third kappa shape index (κ3) is 2.99. The molecular weight excluding hydrogens is 256 g/mol. The first-order chi connectivity index (χ1) is 9.52. The lowest BCUT2D eigenvalue weighted by Gasteiger charge is -2.17. The largest absolute Gasteiger partial charge is 0.494 e. The lowest BCUT2D eigenvalue weighted by Crippen LogP contribution is -2.41. The summed E-state index contributed by atoms with van der Waals surface area (Å²) >= 11 is 0. The van der Waals surface area contributed by atoms with Crippen LogP contribution < -0.4 is 15.0 Å². The molecule has 0 bridgehead atoms. The van der Waals surface area contributed by atoms with Crippen molar-refractivity contribution in [1.29, 1.82) is 0 Å². The molecule has 0 radical (unpaired) electrons. The van der Waals surface area contributed by atoms with E-state index in [-0.39, 0.29) is 24.3 Å².